The smallest absolute Gasteiger partial charge is 0.409 e. The van der Waals surface area contributed by atoms with E-state index in [1.54, 1.807) is 49.2 Å². The molecule has 1 aromatic carbocycles. The van der Waals surface area contributed by atoms with E-state index in [0.29, 0.717) is 30.7 Å². The molecule has 408 valence electrons. The van der Waals surface area contributed by atoms with Gasteiger partial charge in [-0.25, -0.2) is 19.4 Å². The van der Waals surface area contributed by atoms with Crippen molar-refractivity contribution in [2.75, 3.05) is 58.7 Å². The molecular weight excluding hydrogens is 1030 g/mol. The number of carbonyl (C=O) groups excluding carboxylic acids is 6. The third-order valence-corrected chi connectivity index (χ3v) is 18.4. The zero-order valence-corrected chi connectivity index (χ0v) is 47.4. The van der Waals surface area contributed by atoms with Gasteiger partial charge in [-0.3, -0.25) is 19.7 Å². The van der Waals surface area contributed by atoms with Crippen molar-refractivity contribution >= 4 is 86.5 Å². The number of aliphatic hydroxyl groups is 1. The zero-order valence-electron chi connectivity index (χ0n) is 44.2. The Bertz CT molecular complexity index is 2380. The summed E-state index contributed by atoms with van der Waals surface area (Å²) in [5.74, 6) is -1.75. The van der Waals surface area contributed by atoms with Gasteiger partial charge in [-0.15, -0.1) is 11.8 Å². The first kappa shape index (κ1) is 60.2. The summed E-state index contributed by atoms with van der Waals surface area (Å²) in [6.45, 7) is 13.7. The second-order valence-corrected chi connectivity index (χ2v) is 24.8. The molecule has 5 rings (SSSR count). The maximum Gasteiger partial charge on any atom is 0.409 e. The van der Waals surface area contributed by atoms with Crippen LogP contribution in [0.1, 0.15) is 86.1 Å². The van der Waals surface area contributed by atoms with Crippen LogP contribution in [0, 0.1) is 17.3 Å². The van der Waals surface area contributed by atoms with E-state index >= 15 is 0 Å². The van der Waals surface area contributed by atoms with Crippen molar-refractivity contribution in [1.82, 2.24) is 25.8 Å². The Morgan fingerprint density at radius 3 is 2.54 bits per heavy atom. The third kappa shape index (κ3) is 16.7. The number of likely N-dealkylation sites (N-methyl/N-ethyl adjacent to an activating group) is 1. The molecule has 1 saturated carbocycles. The maximum absolute atomic E-state index is 14.4. The van der Waals surface area contributed by atoms with Crippen LogP contribution in [0.2, 0.25) is 5.02 Å². The average Bonchev–Trinajstić information content (AvgIpc) is 4.07. The molecule has 74 heavy (non-hydrogen) atoms. The molecule has 5 amide bonds. The van der Waals surface area contributed by atoms with Gasteiger partial charge in [0.15, 0.2) is 5.72 Å². The molecule has 1 aliphatic carbocycles. The van der Waals surface area contributed by atoms with E-state index < -0.39 is 64.3 Å². The number of hydrogen-bond acceptors (Lipinski definition) is 16. The molecule has 0 radical (unpaired) electrons. The highest BCUT2D eigenvalue weighted by molar-refractivity contribution is 8.76. The Balaban J connectivity index is 1.19. The number of allylic oxidation sites excluding steroid dienone is 3. The van der Waals surface area contributed by atoms with Crippen LogP contribution in [-0.4, -0.2) is 145 Å². The minimum Gasteiger partial charge on any atom is -0.495 e. The van der Waals surface area contributed by atoms with Crippen LogP contribution in [0.3, 0.4) is 0 Å². The summed E-state index contributed by atoms with van der Waals surface area (Å²) in [5, 5.41) is 21.0. The summed E-state index contributed by atoms with van der Waals surface area (Å²) >= 11 is 8.23. The number of nitrogens with zero attached hydrogens (tertiary/aromatic N) is 3. The Hall–Kier alpha value is -4.67. The summed E-state index contributed by atoms with van der Waals surface area (Å²) in [6, 6.07) is 8.23. The van der Waals surface area contributed by atoms with Gasteiger partial charge in [0.25, 0.3) is 0 Å². The number of methoxy groups -OCH3 is 2. The standard InChI is InChI=1S/C52H73ClN6O12S3/c1-31-15-14-16-40(68-11)52(66)28-39(70-49(65)57-52)33(3)36-27-51(36,7)41(26-45(62)59(9)37-24-35(23-31)25-38(67-10)46(37)53)71-47(63)34(4)58(8)44(61)18-19-50(5,6)72-30-42(60)54-21-22-56-48(64)69-29-32(2)73-74-43-17-12-13-20-55-43/h12-17,20,24-25,32-34,36,39-41,66H,18-19,21-23,26-30H2,1-11H3,(H,54,60)(H,56,64)(H,57,65)/b16-14+,31-15+/t32-,33-,34-,36-,39-,40+,41-,51-,52-/m0/s1. The first-order chi connectivity index (χ1) is 34.9. The fraction of sp³-hybridized carbons (Fsp3) is 0.596. The number of carbonyl (C=O) groups is 6. The molecule has 0 unspecified atom stereocenters. The fourth-order valence-corrected chi connectivity index (χ4v) is 12.0. The molecule has 2 aromatic rings. The van der Waals surface area contributed by atoms with Crippen molar-refractivity contribution in [1.29, 1.82) is 0 Å². The van der Waals surface area contributed by atoms with E-state index in [-0.39, 0.29) is 78.6 Å². The molecule has 4 N–H and O–H groups in total. The molecule has 0 spiro atoms. The number of pyridine rings is 1. The van der Waals surface area contributed by atoms with Crippen molar-refractivity contribution in [3.63, 3.8) is 0 Å². The van der Waals surface area contributed by atoms with Crippen molar-refractivity contribution in [3.8, 4) is 5.75 Å². The van der Waals surface area contributed by atoms with Gasteiger partial charge in [0.2, 0.25) is 17.7 Å². The summed E-state index contributed by atoms with van der Waals surface area (Å²) in [7, 11) is 9.12. The van der Waals surface area contributed by atoms with Gasteiger partial charge < -0.3 is 49.2 Å². The highest BCUT2D eigenvalue weighted by atomic mass is 35.5. The summed E-state index contributed by atoms with van der Waals surface area (Å²) < 4.78 is 28.2. The number of halogens is 1. The fourth-order valence-electron chi connectivity index (χ4n) is 8.91. The van der Waals surface area contributed by atoms with E-state index in [0.717, 1.165) is 16.2 Å². The Morgan fingerprint density at radius 1 is 1.12 bits per heavy atom. The first-order valence-electron chi connectivity index (χ1n) is 24.6. The number of esters is 1. The second-order valence-electron chi connectivity index (χ2n) is 20.1. The molecule has 3 aliphatic rings. The Kier molecular flexibility index (Phi) is 21.9. The molecule has 9 atom stereocenters. The topological polar surface area (TPSA) is 224 Å². The number of alkyl carbamates (subject to hydrolysis) is 2. The number of hydrogen-bond donors (Lipinski definition) is 4. The van der Waals surface area contributed by atoms with Crippen LogP contribution in [0.4, 0.5) is 15.3 Å². The average molecular weight is 1110 g/mol. The number of aromatic nitrogens is 1. The van der Waals surface area contributed by atoms with Crippen LogP contribution in [0.25, 0.3) is 0 Å². The number of thioether (sulfide) groups is 1. The van der Waals surface area contributed by atoms with Crippen LogP contribution >= 0.6 is 45.0 Å². The molecule has 3 heterocycles. The van der Waals surface area contributed by atoms with E-state index in [4.69, 9.17) is 35.3 Å². The molecule has 18 nitrogen and oxygen atoms in total. The van der Waals surface area contributed by atoms with Crippen LogP contribution in [-0.2, 0) is 44.5 Å². The lowest BCUT2D eigenvalue weighted by atomic mass is 9.83. The minimum absolute atomic E-state index is 0.00782. The van der Waals surface area contributed by atoms with E-state index in [2.05, 4.69) is 20.9 Å². The lowest BCUT2D eigenvalue weighted by Crippen LogP contribution is -2.63. The van der Waals surface area contributed by atoms with Crippen LogP contribution in [0.5, 0.6) is 5.75 Å². The van der Waals surface area contributed by atoms with Gasteiger partial charge in [0.1, 0.15) is 46.8 Å². The number of fused-ring (bicyclic) bond motifs is 5. The quantitative estimate of drug-likeness (QED) is 0.0457. The monoisotopic (exact) mass is 1100 g/mol. The van der Waals surface area contributed by atoms with Gasteiger partial charge >= 0.3 is 18.2 Å². The van der Waals surface area contributed by atoms with E-state index in [9.17, 15) is 33.9 Å². The van der Waals surface area contributed by atoms with Crippen LogP contribution < -0.4 is 25.6 Å². The SMILES string of the molecule is COc1cc2cc(c1Cl)N(C)C(=O)C[C@H](OC(=O)[C@H](C)N(C)C(=O)CCC(C)(C)SCC(=O)NCCNC(=O)OC[C@H](C)SSc1ccccn1)[C@@]1(C)C[C@H]1[C@H](C)[C@@H]1C[C@@](O)(NC(=O)O1)[C@H](OC)/C=C/C=C(\C)C2. The summed E-state index contributed by atoms with van der Waals surface area (Å²) in [6.07, 6.45) is 4.11. The predicted molar refractivity (Wildman–Crippen MR) is 289 cm³/mol. The van der Waals surface area contributed by atoms with Gasteiger partial charge in [-0.1, -0.05) is 80.0 Å². The number of amides is 5. The second kappa shape index (κ2) is 26.9. The van der Waals surface area contributed by atoms with Crippen molar-refractivity contribution in [2.24, 2.45) is 17.3 Å². The highest BCUT2D eigenvalue weighted by Crippen LogP contribution is 2.61. The molecule has 1 aromatic heterocycles. The Labute approximate surface area is 452 Å². The maximum atomic E-state index is 14.4. The molecule has 2 fully saturated rings. The molecular formula is C52H73ClN6O12S3. The van der Waals surface area contributed by atoms with Crippen molar-refractivity contribution in [2.45, 2.75) is 132 Å². The lowest BCUT2D eigenvalue weighted by Gasteiger charge is -2.42. The lowest BCUT2D eigenvalue weighted by molar-refractivity contribution is -0.163. The minimum atomic E-state index is -1.81. The number of anilines is 1. The normalized spacial score (nSPS) is 26.1. The summed E-state index contributed by atoms with van der Waals surface area (Å²) in [5.41, 5.74) is -0.477. The van der Waals surface area contributed by atoms with Gasteiger partial charge in [-0.05, 0) is 92.5 Å². The highest BCUT2D eigenvalue weighted by Gasteiger charge is 2.62. The van der Waals surface area contributed by atoms with E-state index in [1.807, 2.05) is 71.9 Å². The predicted octanol–water partition coefficient (Wildman–Crippen LogP) is 7.74. The molecule has 22 heteroatoms. The first-order valence-corrected chi connectivity index (χ1v) is 28.2. The molecule has 4 bridgehead atoms. The van der Waals surface area contributed by atoms with Crippen molar-refractivity contribution in [3.05, 3.63) is 70.9 Å². The zero-order chi connectivity index (χ0) is 54.5. The van der Waals surface area contributed by atoms with E-state index in [1.165, 1.54) is 53.6 Å². The number of nitrogens with one attached hydrogen (secondary N) is 3. The third-order valence-electron chi connectivity index (χ3n) is 13.9. The number of benzene rings is 1. The Morgan fingerprint density at radius 2 is 1.85 bits per heavy atom. The largest absolute Gasteiger partial charge is 0.495 e. The number of ether oxygens (including phenoxy) is 5. The van der Waals surface area contributed by atoms with Gasteiger partial charge in [0.05, 0.1) is 25.0 Å². The molecule has 1 saturated heterocycles. The van der Waals surface area contributed by atoms with Crippen LogP contribution in [0.15, 0.2) is 65.4 Å². The summed E-state index contributed by atoms with van der Waals surface area (Å²) in [4.78, 5) is 87.3. The molecule has 2 aliphatic heterocycles. The van der Waals surface area contributed by atoms with Crippen molar-refractivity contribution < 1.29 is 57.6 Å². The number of rotatable bonds is 19. The van der Waals surface area contributed by atoms with Gasteiger partial charge in [0, 0.05) is 68.7 Å². The van der Waals surface area contributed by atoms with Gasteiger partial charge in [-0.2, -0.15) is 0 Å².